The summed E-state index contributed by atoms with van der Waals surface area (Å²) in [6.07, 6.45) is 1.60. The largest absolute Gasteiger partial charge is 0.444 e. The van der Waals surface area contributed by atoms with Crippen LogP contribution in [0.3, 0.4) is 0 Å². The number of nitrogens with two attached hydrogens (primary N) is 1. The van der Waals surface area contributed by atoms with Crippen LogP contribution < -0.4 is 11.1 Å². The van der Waals surface area contributed by atoms with Gasteiger partial charge in [-0.25, -0.2) is 4.79 Å². The fourth-order valence-corrected chi connectivity index (χ4v) is 1.25. The Morgan fingerprint density at radius 3 is 2.47 bits per heavy atom. The van der Waals surface area contributed by atoms with Crippen molar-refractivity contribution < 1.29 is 14.6 Å². The van der Waals surface area contributed by atoms with Crippen molar-refractivity contribution in [1.82, 2.24) is 5.32 Å². The van der Waals surface area contributed by atoms with E-state index in [9.17, 15) is 9.90 Å². The molecule has 0 bridgehead atoms. The molecular formula is C12H26N2O3. The summed E-state index contributed by atoms with van der Waals surface area (Å²) in [4.78, 5) is 11.3. The molecule has 0 aromatic carbocycles. The number of hydrogen-bond acceptors (Lipinski definition) is 4. The molecule has 5 heteroatoms. The third kappa shape index (κ3) is 10.1. The standard InChI is InChI=1S/C12H26N2O3/c1-9(15)10(13)7-5-6-8-14-11(16)17-12(2,3)4/h9-10,15H,5-8,13H2,1-4H3,(H,14,16). The van der Waals surface area contributed by atoms with Gasteiger partial charge in [0.2, 0.25) is 0 Å². The SMILES string of the molecule is CC(O)C(N)CCCCNC(=O)OC(C)(C)C. The van der Waals surface area contributed by atoms with Crippen LogP contribution in [-0.4, -0.2) is 35.5 Å². The molecule has 0 saturated heterocycles. The quantitative estimate of drug-likeness (QED) is 0.618. The molecule has 0 aromatic rings. The Labute approximate surface area is 104 Å². The maximum Gasteiger partial charge on any atom is 0.407 e. The van der Waals surface area contributed by atoms with E-state index in [0.717, 1.165) is 19.3 Å². The van der Waals surface area contributed by atoms with Crippen LogP contribution in [-0.2, 0) is 4.74 Å². The topological polar surface area (TPSA) is 84.6 Å². The van der Waals surface area contributed by atoms with Crippen molar-refractivity contribution in [2.45, 2.75) is 64.7 Å². The maximum atomic E-state index is 11.3. The molecule has 0 aliphatic heterocycles. The Kier molecular flexibility index (Phi) is 7.15. The molecule has 0 aromatic heterocycles. The number of amides is 1. The highest BCUT2D eigenvalue weighted by atomic mass is 16.6. The number of alkyl carbamates (subject to hydrolysis) is 1. The minimum atomic E-state index is -0.478. The van der Waals surface area contributed by atoms with E-state index in [-0.39, 0.29) is 6.04 Å². The zero-order valence-electron chi connectivity index (χ0n) is 11.3. The van der Waals surface area contributed by atoms with Gasteiger partial charge in [-0.3, -0.25) is 0 Å². The molecule has 0 radical (unpaired) electrons. The van der Waals surface area contributed by atoms with Gasteiger partial charge in [-0.1, -0.05) is 6.42 Å². The van der Waals surface area contributed by atoms with Crippen LogP contribution in [0, 0.1) is 0 Å². The monoisotopic (exact) mass is 246 g/mol. The van der Waals surface area contributed by atoms with E-state index >= 15 is 0 Å². The Morgan fingerprint density at radius 2 is 2.00 bits per heavy atom. The zero-order valence-corrected chi connectivity index (χ0v) is 11.3. The van der Waals surface area contributed by atoms with Gasteiger partial charge in [0.15, 0.2) is 0 Å². The Morgan fingerprint density at radius 1 is 1.41 bits per heavy atom. The first-order valence-electron chi connectivity index (χ1n) is 6.13. The van der Waals surface area contributed by atoms with Crippen molar-refractivity contribution >= 4 is 6.09 Å². The summed E-state index contributed by atoms with van der Waals surface area (Å²) in [7, 11) is 0. The van der Waals surface area contributed by atoms with Gasteiger partial charge in [-0.2, -0.15) is 0 Å². The average Bonchev–Trinajstić information content (AvgIpc) is 2.13. The van der Waals surface area contributed by atoms with Crippen LogP contribution >= 0.6 is 0 Å². The summed E-state index contributed by atoms with van der Waals surface area (Å²) < 4.78 is 5.09. The van der Waals surface area contributed by atoms with Crippen LogP contribution in [0.1, 0.15) is 47.0 Å². The highest BCUT2D eigenvalue weighted by Crippen LogP contribution is 2.06. The Hall–Kier alpha value is -0.810. The average molecular weight is 246 g/mol. The van der Waals surface area contributed by atoms with Crippen molar-refractivity contribution in [2.75, 3.05) is 6.54 Å². The van der Waals surface area contributed by atoms with E-state index in [4.69, 9.17) is 10.5 Å². The molecule has 2 atom stereocenters. The van der Waals surface area contributed by atoms with Crippen molar-refractivity contribution in [3.8, 4) is 0 Å². The second-order valence-corrected chi connectivity index (χ2v) is 5.33. The first kappa shape index (κ1) is 16.2. The molecular weight excluding hydrogens is 220 g/mol. The van der Waals surface area contributed by atoms with Crippen molar-refractivity contribution in [3.63, 3.8) is 0 Å². The molecule has 102 valence electrons. The molecule has 0 fully saturated rings. The third-order valence-corrected chi connectivity index (χ3v) is 2.25. The molecule has 0 rings (SSSR count). The van der Waals surface area contributed by atoms with Gasteiger partial charge in [0, 0.05) is 12.6 Å². The highest BCUT2D eigenvalue weighted by Gasteiger charge is 2.15. The van der Waals surface area contributed by atoms with Gasteiger partial charge in [0.05, 0.1) is 6.10 Å². The third-order valence-electron chi connectivity index (χ3n) is 2.25. The summed E-state index contributed by atoms with van der Waals surface area (Å²) in [5.74, 6) is 0. The predicted molar refractivity (Wildman–Crippen MR) is 67.7 cm³/mol. The number of aliphatic hydroxyl groups excluding tert-OH is 1. The van der Waals surface area contributed by atoms with Crippen molar-refractivity contribution in [2.24, 2.45) is 5.73 Å². The van der Waals surface area contributed by atoms with Gasteiger partial charge in [-0.05, 0) is 40.5 Å². The summed E-state index contributed by atoms with van der Waals surface area (Å²) in [6.45, 7) is 7.74. The normalized spacial score (nSPS) is 15.2. The lowest BCUT2D eigenvalue weighted by molar-refractivity contribution is 0.0526. The van der Waals surface area contributed by atoms with Crippen LogP contribution in [0.15, 0.2) is 0 Å². The van der Waals surface area contributed by atoms with Crippen molar-refractivity contribution in [3.05, 3.63) is 0 Å². The minimum Gasteiger partial charge on any atom is -0.444 e. The number of ether oxygens (including phenoxy) is 1. The molecule has 1 amide bonds. The molecule has 17 heavy (non-hydrogen) atoms. The lowest BCUT2D eigenvalue weighted by atomic mass is 10.1. The molecule has 0 saturated carbocycles. The fraction of sp³-hybridized carbons (Fsp3) is 0.917. The fourth-order valence-electron chi connectivity index (χ4n) is 1.25. The summed E-state index contributed by atoms with van der Waals surface area (Å²) in [6, 6.07) is -0.184. The highest BCUT2D eigenvalue weighted by molar-refractivity contribution is 5.67. The smallest absolute Gasteiger partial charge is 0.407 e. The minimum absolute atomic E-state index is 0.184. The summed E-state index contributed by atoms with van der Waals surface area (Å²) in [5.41, 5.74) is 5.22. The first-order chi connectivity index (χ1) is 7.72. The predicted octanol–water partition coefficient (Wildman–Crippen LogP) is 1.39. The lowest BCUT2D eigenvalue weighted by Crippen LogP contribution is -2.34. The summed E-state index contributed by atoms with van der Waals surface area (Å²) >= 11 is 0. The summed E-state index contributed by atoms with van der Waals surface area (Å²) in [5, 5.41) is 11.9. The number of carbonyl (C=O) groups excluding carboxylic acids is 1. The lowest BCUT2D eigenvalue weighted by Gasteiger charge is -2.19. The number of hydrogen-bond donors (Lipinski definition) is 3. The zero-order chi connectivity index (χ0) is 13.5. The molecule has 0 heterocycles. The van der Waals surface area contributed by atoms with E-state index in [1.165, 1.54) is 0 Å². The second-order valence-electron chi connectivity index (χ2n) is 5.33. The van der Waals surface area contributed by atoms with Crippen LogP contribution in [0.25, 0.3) is 0 Å². The Bertz CT molecular complexity index is 224. The van der Waals surface area contributed by atoms with Gasteiger partial charge in [0.1, 0.15) is 5.60 Å². The molecule has 5 nitrogen and oxygen atoms in total. The number of unbranched alkanes of at least 4 members (excludes halogenated alkanes) is 1. The van der Waals surface area contributed by atoms with Crippen LogP contribution in [0.5, 0.6) is 0 Å². The number of rotatable bonds is 6. The number of nitrogens with one attached hydrogen (secondary N) is 1. The first-order valence-corrected chi connectivity index (χ1v) is 6.13. The van der Waals surface area contributed by atoms with E-state index in [2.05, 4.69) is 5.32 Å². The van der Waals surface area contributed by atoms with Gasteiger partial charge in [-0.15, -0.1) is 0 Å². The molecule has 2 unspecified atom stereocenters. The van der Waals surface area contributed by atoms with E-state index in [1.807, 2.05) is 20.8 Å². The van der Waals surface area contributed by atoms with Crippen molar-refractivity contribution in [1.29, 1.82) is 0 Å². The Balaban J connectivity index is 3.49. The molecule has 0 spiro atoms. The number of carbonyl (C=O) groups is 1. The van der Waals surface area contributed by atoms with E-state index in [1.54, 1.807) is 6.92 Å². The van der Waals surface area contributed by atoms with Crippen LogP contribution in [0.2, 0.25) is 0 Å². The van der Waals surface area contributed by atoms with Crippen LogP contribution in [0.4, 0.5) is 4.79 Å². The maximum absolute atomic E-state index is 11.3. The molecule has 0 aliphatic rings. The second kappa shape index (κ2) is 7.50. The van der Waals surface area contributed by atoms with Gasteiger partial charge < -0.3 is 20.9 Å². The van der Waals surface area contributed by atoms with Gasteiger partial charge >= 0.3 is 6.09 Å². The van der Waals surface area contributed by atoms with E-state index in [0.29, 0.717) is 6.54 Å². The number of aliphatic hydroxyl groups is 1. The molecule has 0 aliphatic carbocycles. The van der Waals surface area contributed by atoms with Gasteiger partial charge in [0.25, 0.3) is 0 Å². The molecule has 4 N–H and O–H groups in total. The van der Waals surface area contributed by atoms with E-state index < -0.39 is 17.8 Å².